The summed E-state index contributed by atoms with van der Waals surface area (Å²) in [6.07, 6.45) is 0. The van der Waals surface area contributed by atoms with Gasteiger partial charge >= 0.3 is 0 Å². The fourth-order valence-electron chi connectivity index (χ4n) is 1.76. The first-order valence-electron chi connectivity index (χ1n) is 6.33. The predicted molar refractivity (Wildman–Crippen MR) is 75.1 cm³/mol. The van der Waals surface area contributed by atoms with Crippen LogP contribution in [0.3, 0.4) is 0 Å². The molecule has 0 saturated carbocycles. The number of nitrogens with zero attached hydrogens (tertiary/aromatic N) is 1. The summed E-state index contributed by atoms with van der Waals surface area (Å²) >= 11 is 0. The number of halogens is 5. The highest BCUT2D eigenvalue weighted by atomic mass is 19.2. The molecule has 1 N–H and O–H groups in total. The molecule has 122 valence electrons. The number of anilines is 1. The molecule has 2 aromatic rings. The number of ether oxygens (including phenoxy) is 1. The van der Waals surface area contributed by atoms with Gasteiger partial charge in [0.1, 0.15) is 11.4 Å². The van der Waals surface area contributed by atoms with Gasteiger partial charge < -0.3 is 4.74 Å². The zero-order valence-electron chi connectivity index (χ0n) is 12.1. The van der Waals surface area contributed by atoms with Gasteiger partial charge in [0.25, 0.3) is 0 Å². The first-order valence-corrected chi connectivity index (χ1v) is 6.33. The minimum atomic E-state index is -2.22. The van der Waals surface area contributed by atoms with Crippen LogP contribution in [0.25, 0.3) is 0 Å². The first kappa shape index (κ1) is 16.7. The Morgan fingerprint density at radius 1 is 0.957 bits per heavy atom. The Balaban J connectivity index is 2.36. The molecule has 0 amide bonds. The van der Waals surface area contributed by atoms with E-state index in [1.54, 1.807) is 24.3 Å². The third-order valence-electron chi connectivity index (χ3n) is 3.03. The van der Waals surface area contributed by atoms with E-state index < -0.39 is 34.8 Å². The number of hydrazone groups is 1. The van der Waals surface area contributed by atoms with Crippen molar-refractivity contribution in [2.24, 2.45) is 5.10 Å². The smallest absolute Gasteiger partial charge is 0.200 e. The second-order valence-electron chi connectivity index (χ2n) is 4.49. The summed E-state index contributed by atoms with van der Waals surface area (Å²) in [7, 11) is 1.46. The third kappa shape index (κ3) is 3.25. The summed E-state index contributed by atoms with van der Waals surface area (Å²) in [5.41, 5.74) is 1.46. The highest BCUT2D eigenvalue weighted by Crippen LogP contribution is 2.27. The molecule has 0 heterocycles. The predicted octanol–water partition coefficient (Wildman–Crippen LogP) is 4.23. The molecule has 0 saturated heterocycles. The van der Waals surface area contributed by atoms with Crippen molar-refractivity contribution in [3.63, 3.8) is 0 Å². The van der Waals surface area contributed by atoms with Crippen molar-refractivity contribution < 1.29 is 26.7 Å². The molecule has 0 spiro atoms. The fraction of sp³-hybridized carbons (Fsp3) is 0.133. The van der Waals surface area contributed by atoms with Crippen LogP contribution >= 0.6 is 0 Å². The summed E-state index contributed by atoms with van der Waals surface area (Å²) in [6.45, 7) is 1.49. The van der Waals surface area contributed by atoms with E-state index in [9.17, 15) is 22.0 Å². The van der Waals surface area contributed by atoms with Gasteiger partial charge in [0.2, 0.25) is 5.82 Å². The third-order valence-corrected chi connectivity index (χ3v) is 3.03. The van der Waals surface area contributed by atoms with Crippen LogP contribution in [0.15, 0.2) is 29.4 Å². The van der Waals surface area contributed by atoms with Crippen molar-refractivity contribution in [2.45, 2.75) is 6.92 Å². The Morgan fingerprint density at radius 2 is 1.52 bits per heavy atom. The van der Waals surface area contributed by atoms with E-state index in [2.05, 4.69) is 5.10 Å². The van der Waals surface area contributed by atoms with E-state index >= 15 is 0 Å². The van der Waals surface area contributed by atoms with Gasteiger partial charge in [-0.05, 0) is 19.1 Å². The van der Waals surface area contributed by atoms with Crippen LogP contribution in [0.1, 0.15) is 12.5 Å². The molecule has 23 heavy (non-hydrogen) atoms. The van der Waals surface area contributed by atoms with Crippen LogP contribution < -0.4 is 10.2 Å². The van der Waals surface area contributed by atoms with Crippen molar-refractivity contribution in [3.8, 4) is 5.75 Å². The molecule has 8 heteroatoms. The molecule has 0 aliphatic rings. The molecule has 0 aliphatic heterocycles. The monoisotopic (exact) mass is 330 g/mol. The van der Waals surface area contributed by atoms with Gasteiger partial charge in [0.15, 0.2) is 23.3 Å². The molecule has 0 radical (unpaired) electrons. The lowest BCUT2D eigenvalue weighted by Gasteiger charge is -2.09. The standard InChI is InChI=1S/C15H11F5N2O/c1-7(8-4-3-5-9(6-8)23-2)21-22-15-13(19)11(17)10(16)12(18)14(15)20/h3-6,22H,1-2H3/b21-7-. The van der Waals surface area contributed by atoms with Crippen LogP contribution in [-0.2, 0) is 0 Å². The summed E-state index contributed by atoms with van der Waals surface area (Å²) in [6, 6.07) is 6.57. The molecule has 3 nitrogen and oxygen atoms in total. The lowest BCUT2D eigenvalue weighted by atomic mass is 10.1. The van der Waals surface area contributed by atoms with Gasteiger partial charge in [0.05, 0.1) is 12.8 Å². The zero-order valence-corrected chi connectivity index (χ0v) is 12.1. The van der Waals surface area contributed by atoms with Gasteiger partial charge in [0, 0.05) is 5.56 Å². The van der Waals surface area contributed by atoms with Gasteiger partial charge in [-0.1, -0.05) is 12.1 Å². The van der Waals surface area contributed by atoms with Crippen molar-refractivity contribution in [1.29, 1.82) is 0 Å². The summed E-state index contributed by atoms with van der Waals surface area (Å²) in [5, 5.41) is 3.65. The summed E-state index contributed by atoms with van der Waals surface area (Å²) in [4.78, 5) is 0. The maximum Gasteiger partial charge on any atom is 0.200 e. The van der Waals surface area contributed by atoms with Crippen LogP contribution in [0.5, 0.6) is 5.75 Å². The van der Waals surface area contributed by atoms with Crippen LogP contribution in [0.4, 0.5) is 27.6 Å². The Morgan fingerprint density at radius 3 is 2.09 bits per heavy atom. The minimum Gasteiger partial charge on any atom is -0.497 e. The largest absolute Gasteiger partial charge is 0.497 e. The SMILES string of the molecule is COc1cccc(/C(C)=N\Nc2c(F)c(F)c(F)c(F)c2F)c1. The van der Waals surface area contributed by atoms with Crippen molar-refractivity contribution in [1.82, 2.24) is 0 Å². The molecule has 0 atom stereocenters. The minimum absolute atomic E-state index is 0.257. The molecule has 0 aromatic heterocycles. The molecule has 0 aliphatic carbocycles. The Labute approximate surface area is 128 Å². The van der Waals surface area contributed by atoms with Gasteiger partial charge in [-0.15, -0.1) is 0 Å². The van der Waals surface area contributed by atoms with Crippen LogP contribution in [-0.4, -0.2) is 12.8 Å². The normalized spacial score (nSPS) is 11.5. The second kappa shape index (κ2) is 6.64. The Kier molecular flexibility index (Phi) is 4.83. The molecular formula is C15H11F5N2O. The number of hydrogen-bond acceptors (Lipinski definition) is 3. The van der Waals surface area contributed by atoms with Crippen molar-refractivity contribution in [2.75, 3.05) is 12.5 Å². The lowest BCUT2D eigenvalue weighted by Crippen LogP contribution is -2.08. The number of nitrogens with one attached hydrogen (secondary N) is 1. The van der Waals surface area contributed by atoms with E-state index in [4.69, 9.17) is 4.74 Å². The Hall–Kier alpha value is -2.64. The molecular weight excluding hydrogens is 319 g/mol. The summed E-state index contributed by atoms with van der Waals surface area (Å²) < 4.78 is 71.1. The van der Waals surface area contributed by atoms with Gasteiger partial charge in [-0.2, -0.15) is 5.10 Å². The van der Waals surface area contributed by atoms with E-state index in [0.717, 1.165) is 0 Å². The molecule has 0 fully saturated rings. The zero-order chi connectivity index (χ0) is 17.1. The highest BCUT2D eigenvalue weighted by molar-refractivity contribution is 5.99. The van der Waals surface area contributed by atoms with Crippen LogP contribution in [0.2, 0.25) is 0 Å². The maximum atomic E-state index is 13.5. The topological polar surface area (TPSA) is 33.6 Å². The fourth-order valence-corrected chi connectivity index (χ4v) is 1.76. The number of rotatable bonds is 4. The number of benzene rings is 2. The Bertz CT molecular complexity index is 748. The lowest BCUT2D eigenvalue weighted by molar-refractivity contribution is 0.381. The van der Waals surface area contributed by atoms with E-state index in [0.29, 0.717) is 11.3 Å². The second-order valence-corrected chi connectivity index (χ2v) is 4.49. The van der Waals surface area contributed by atoms with Gasteiger partial charge in [-0.25, -0.2) is 22.0 Å². The maximum absolute atomic E-state index is 13.5. The average Bonchev–Trinajstić information content (AvgIpc) is 2.58. The van der Waals surface area contributed by atoms with Crippen molar-refractivity contribution >= 4 is 11.4 Å². The molecule has 2 aromatic carbocycles. The quantitative estimate of drug-likeness (QED) is 0.299. The van der Waals surface area contributed by atoms with Gasteiger partial charge in [-0.3, -0.25) is 5.43 Å². The molecule has 0 bridgehead atoms. The first-order chi connectivity index (χ1) is 10.9. The number of methoxy groups -OCH3 is 1. The average molecular weight is 330 g/mol. The van der Waals surface area contributed by atoms with Crippen LogP contribution in [0, 0.1) is 29.1 Å². The van der Waals surface area contributed by atoms with E-state index in [-0.39, 0.29) is 5.71 Å². The molecule has 0 unspecified atom stereocenters. The van der Waals surface area contributed by atoms with Crippen molar-refractivity contribution in [3.05, 3.63) is 58.9 Å². The van der Waals surface area contributed by atoms with E-state index in [1.807, 2.05) is 5.43 Å². The number of hydrogen-bond donors (Lipinski definition) is 1. The molecule has 2 rings (SSSR count). The highest BCUT2D eigenvalue weighted by Gasteiger charge is 2.25. The summed E-state index contributed by atoms with van der Waals surface area (Å²) in [5.74, 6) is -9.75. The van der Waals surface area contributed by atoms with E-state index in [1.165, 1.54) is 14.0 Å².